The lowest BCUT2D eigenvalue weighted by atomic mass is 10.1. The Bertz CT molecular complexity index is 725. The Morgan fingerprint density at radius 3 is 2.40 bits per heavy atom. The van der Waals surface area contributed by atoms with Crippen LogP contribution in [0.5, 0.6) is 0 Å². The molecule has 0 radical (unpaired) electrons. The molecule has 0 aliphatic carbocycles. The fourth-order valence-corrected chi connectivity index (χ4v) is 2.79. The zero-order valence-corrected chi connectivity index (χ0v) is 15.2. The summed E-state index contributed by atoms with van der Waals surface area (Å²) in [6.07, 6.45) is 0.292. The molecule has 1 amide bonds. The van der Waals surface area contributed by atoms with E-state index in [1.807, 2.05) is 68.4 Å². The number of nitriles is 1. The summed E-state index contributed by atoms with van der Waals surface area (Å²) < 4.78 is 0. The van der Waals surface area contributed by atoms with Gasteiger partial charge in [-0.15, -0.1) is 0 Å². The highest BCUT2D eigenvalue weighted by Crippen LogP contribution is 2.19. The molecule has 2 atom stereocenters. The minimum atomic E-state index is -0.385. The summed E-state index contributed by atoms with van der Waals surface area (Å²) in [5, 5.41) is 12.9. The van der Waals surface area contributed by atoms with Gasteiger partial charge in [-0.25, -0.2) is 0 Å². The number of benzene rings is 2. The maximum Gasteiger partial charge on any atom is 0.243 e. The minimum absolute atomic E-state index is 0.00445. The van der Waals surface area contributed by atoms with E-state index in [-0.39, 0.29) is 18.0 Å². The van der Waals surface area contributed by atoms with Gasteiger partial charge in [0.25, 0.3) is 0 Å². The molecule has 130 valence electrons. The molecule has 2 aromatic rings. The van der Waals surface area contributed by atoms with Crippen molar-refractivity contribution in [2.75, 3.05) is 11.4 Å². The van der Waals surface area contributed by atoms with E-state index in [1.54, 1.807) is 4.90 Å². The molecule has 0 spiro atoms. The van der Waals surface area contributed by atoms with Crippen molar-refractivity contribution in [3.05, 3.63) is 65.2 Å². The highest BCUT2D eigenvalue weighted by Gasteiger charge is 2.23. The van der Waals surface area contributed by atoms with E-state index in [0.717, 1.165) is 11.3 Å². The molecule has 0 fully saturated rings. The fourth-order valence-electron chi connectivity index (χ4n) is 2.66. The smallest absolute Gasteiger partial charge is 0.243 e. The molecule has 0 bridgehead atoms. The van der Waals surface area contributed by atoms with Crippen molar-refractivity contribution >= 4 is 23.2 Å². The molecule has 0 saturated heterocycles. The molecule has 0 aliphatic rings. The van der Waals surface area contributed by atoms with E-state index in [1.165, 1.54) is 0 Å². The molecule has 2 unspecified atom stereocenters. The SMILES string of the molecule is CC(NC(C)c1ccc(Cl)cc1)C(=O)N(CCC#N)c1ccccc1. The van der Waals surface area contributed by atoms with Crippen LogP contribution < -0.4 is 10.2 Å². The van der Waals surface area contributed by atoms with Crippen molar-refractivity contribution < 1.29 is 4.79 Å². The first kappa shape index (κ1) is 19.0. The Kier molecular flexibility index (Phi) is 7.00. The van der Waals surface area contributed by atoms with Crippen LogP contribution in [0.4, 0.5) is 5.69 Å². The Balaban J connectivity index is 2.09. The first-order valence-corrected chi connectivity index (χ1v) is 8.65. The van der Waals surface area contributed by atoms with Crippen LogP contribution >= 0.6 is 11.6 Å². The summed E-state index contributed by atoms with van der Waals surface area (Å²) in [5.74, 6) is -0.0535. The van der Waals surface area contributed by atoms with Gasteiger partial charge < -0.3 is 4.90 Å². The third kappa shape index (κ3) is 5.32. The van der Waals surface area contributed by atoms with E-state index in [2.05, 4.69) is 11.4 Å². The van der Waals surface area contributed by atoms with Gasteiger partial charge in [0, 0.05) is 23.3 Å². The maximum atomic E-state index is 12.9. The van der Waals surface area contributed by atoms with Crippen LogP contribution in [0, 0.1) is 11.3 Å². The molecular weight excluding hydrogens is 334 g/mol. The van der Waals surface area contributed by atoms with Crippen LogP contribution in [0.2, 0.25) is 5.02 Å². The zero-order chi connectivity index (χ0) is 18.2. The number of amides is 1. The molecule has 4 nitrogen and oxygen atoms in total. The highest BCUT2D eigenvalue weighted by atomic mass is 35.5. The lowest BCUT2D eigenvalue weighted by molar-refractivity contribution is -0.120. The molecule has 5 heteroatoms. The minimum Gasteiger partial charge on any atom is -0.310 e. The number of carbonyl (C=O) groups excluding carboxylic acids is 1. The average molecular weight is 356 g/mol. The summed E-state index contributed by atoms with van der Waals surface area (Å²) in [5.41, 5.74) is 1.86. The second-order valence-corrected chi connectivity index (χ2v) is 6.33. The maximum absolute atomic E-state index is 12.9. The second-order valence-electron chi connectivity index (χ2n) is 5.90. The van der Waals surface area contributed by atoms with Crippen LogP contribution in [-0.4, -0.2) is 18.5 Å². The van der Waals surface area contributed by atoms with E-state index in [4.69, 9.17) is 16.9 Å². The lowest BCUT2D eigenvalue weighted by Gasteiger charge is -2.27. The molecule has 1 N–H and O–H groups in total. The molecular formula is C20H22ClN3O. The van der Waals surface area contributed by atoms with Crippen LogP contribution in [0.15, 0.2) is 54.6 Å². The predicted octanol–water partition coefficient (Wildman–Crippen LogP) is 4.33. The summed E-state index contributed by atoms with van der Waals surface area (Å²) in [7, 11) is 0. The number of anilines is 1. The summed E-state index contributed by atoms with van der Waals surface area (Å²) in [4.78, 5) is 14.6. The fraction of sp³-hybridized carbons (Fsp3) is 0.300. The first-order chi connectivity index (χ1) is 12.0. The zero-order valence-electron chi connectivity index (χ0n) is 14.4. The normalized spacial score (nSPS) is 12.9. The summed E-state index contributed by atoms with van der Waals surface area (Å²) in [6.45, 7) is 4.23. The van der Waals surface area contributed by atoms with E-state index in [0.29, 0.717) is 18.0 Å². The molecule has 25 heavy (non-hydrogen) atoms. The van der Waals surface area contributed by atoms with E-state index in [9.17, 15) is 4.79 Å². The van der Waals surface area contributed by atoms with E-state index < -0.39 is 0 Å². The molecule has 2 aromatic carbocycles. The first-order valence-electron chi connectivity index (χ1n) is 8.28. The van der Waals surface area contributed by atoms with Gasteiger partial charge in [0.1, 0.15) is 0 Å². The average Bonchev–Trinajstić information content (AvgIpc) is 2.63. The molecule has 0 aliphatic heterocycles. The van der Waals surface area contributed by atoms with Crippen LogP contribution in [-0.2, 0) is 4.79 Å². The number of nitrogens with zero attached hydrogens (tertiary/aromatic N) is 2. The number of halogens is 1. The molecule has 0 heterocycles. The Hall–Kier alpha value is -2.35. The predicted molar refractivity (Wildman–Crippen MR) is 101 cm³/mol. The van der Waals surface area contributed by atoms with Gasteiger partial charge in [0.15, 0.2) is 0 Å². The van der Waals surface area contributed by atoms with Crippen molar-refractivity contribution in [1.29, 1.82) is 5.26 Å². The number of rotatable bonds is 7. The number of hydrogen-bond donors (Lipinski definition) is 1. The highest BCUT2D eigenvalue weighted by molar-refractivity contribution is 6.30. The van der Waals surface area contributed by atoms with Gasteiger partial charge in [0.2, 0.25) is 5.91 Å². The number of carbonyl (C=O) groups is 1. The van der Waals surface area contributed by atoms with Gasteiger partial charge in [-0.05, 0) is 43.7 Å². The number of nitrogens with one attached hydrogen (secondary N) is 1. The third-order valence-corrected chi connectivity index (χ3v) is 4.27. The Morgan fingerprint density at radius 2 is 1.80 bits per heavy atom. The molecule has 0 saturated carbocycles. The van der Waals surface area contributed by atoms with Crippen molar-refractivity contribution in [3.63, 3.8) is 0 Å². The summed E-state index contributed by atoms with van der Waals surface area (Å²) >= 11 is 5.92. The number of para-hydroxylation sites is 1. The van der Waals surface area contributed by atoms with Crippen LogP contribution in [0.3, 0.4) is 0 Å². The third-order valence-electron chi connectivity index (χ3n) is 4.02. The van der Waals surface area contributed by atoms with Crippen molar-refractivity contribution in [2.45, 2.75) is 32.4 Å². The van der Waals surface area contributed by atoms with Gasteiger partial charge in [-0.1, -0.05) is 41.9 Å². The van der Waals surface area contributed by atoms with Gasteiger partial charge in [-0.3, -0.25) is 10.1 Å². The monoisotopic (exact) mass is 355 g/mol. The van der Waals surface area contributed by atoms with Crippen LogP contribution in [0.25, 0.3) is 0 Å². The number of hydrogen-bond acceptors (Lipinski definition) is 3. The van der Waals surface area contributed by atoms with Crippen molar-refractivity contribution in [3.8, 4) is 6.07 Å². The molecule has 2 rings (SSSR count). The largest absolute Gasteiger partial charge is 0.310 e. The second kappa shape index (κ2) is 9.22. The Labute approximate surface area is 154 Å². The lowest BCUT2D eigenvalue weighted by Crippen LogP contribution is -2.46. The topological polar surface area (TPSA) is 56.1 Å². The quantitative estimate of drug-likeness (QED) is 0.804. The summed E-state index contributed by atoms with van der Waals surface area (Å²) in [6, 6.07) is 18.7. The van der Waals surface area contributed by atoms with Gasteiger partial charge in [-0.2, -0.15) is 5.26 Å². The van der Waals surface area contributed by atoms with Crippen molar-refractivity contribution in [2.24, 2.45) is 0 Å². The van der Waals surface area contributed by atoms with E-state index >= 15 is 0 Å². The van der Waals surface area contributed by atoms with Crippen molar-refractivity contribution in [1.82, 2.24) is 5.32 Å². The van der Waals surface area contributed by atoms with Crippen LogP contribution in [0.1, 0.15) is 31.9 Å². The molecule has 0 aromatic heterocycles. The van der Waals surface area contributed by atoms with Gasteiger partial charge in [0.05, 0.1) is 18.5 Å². The Morgan fingerprint density at radius 1 is 1.16 bits per heavy atom. The van der Waals surface area contributed by atoms with Gasteiger partial charge >= 0.3 is 0 Å². The standard InChI is InChI=1S/C20H22ClN3O/c1-15(17-9-11-18(21)12-10-17)23-16(2)20(25)24(14-6-13-22)19-7-4-3-5-8-19/h3-5,7-12,15-16,23H,6,14H2,1-2H3.